The van der Waals surface area contributed by atoms with E-state index in [1.54, 1.807) is 11.3 Å². The first-order chi connectivity index (χ1) is 7.75. The summed E-state index contributed by atoms with van der Waals surface area (Å²) >= 11 is 1.58. The van der Waals surface area contributed by atoms with E-state index in [0.717, 1.165) is 16.2 Å². The highest BCUT2D eigenvalue weighted by atomic mass is 32.1. The highest BCUT2D eigenvalue weighted by Gasteiger charge is 2.08. The first-order valence-electron chi connectivity index (χ1n) is 5.02. The molecule has 0 bridgehead atoms. The van der Waals surface area contributed by atoms with Gasteiger partial charge in [0, 0.05) is 15.8 Å². The quantitative estimate of drug-likeness (QED) is 0.756. The van der Waals surface area contributed by atoms with Gasteiger partial charge in [0.25, 0.3) is 0 Å². The highest BCUT2D eigenvalue weighted by molar-refractivity contribution is 7.10. The average molecular weight is 232 g/mol. The Morgan fingerprint density at radius 2 is 2.06 bits per heavy atom. The maximum absolute atomic E-state index is 11.7. The van der Waals surface area contributed by atoms with Crippen molar-refractivity contribution in [1.29, 1.82) is 0 Å². The highest BCUT2D eigenvalue weighted by Crippen LogP contribution is 2.14. The van der Waals surface area contributed by atoms with Crippen LogP contribution in [0.4, 0.5) is 0 Å². The lowest BCUT2D eigenvalue weighted by atomic mass is 10.2. The molecule has 1 aromatic carbocycles. The summed E-state index contributed by atoms with van der Waals surface area (Å²) in [5, 5.41) is 1.87. The number of carbonyl (C=O) groups is 1. The number of ketones is 1. The van der Waals surface area contributed by atoms with Gasteiger partial charge in [-0.3, -0.25) is 4.79 Å². The van der Waals surface area contributed by atoms with Crippen LogP contribution >= 0.6 is 11.3 Å². The Hall–Kier alpha value is -1.61. The molecule has 0 fully saturated rings. The van der Waals surface area contributed by atoms with Gasteiger partial charge in [0.05, 0.1) is 0 Å². The third kappa shape index (κ3) is 2.70. The van der Waals surface area contributed by atoms with E-state index in [4.69, 9.17) is 4.74 Å². The Morgan fingerprint density at radius 1 is 1.31 bits per heavy atom. The molecule has 1 aromatic heterocycles. The number of carbonyl (C=O) groups excluding carboxylic acids is 1. The van der Waals surface area contributed by atoms with E-state index in [2.05, 4.69) is 0 Å². The monoisotopic (exact) mass is 232 g/mol. The predicted molar refractivity (Wildman–Crippen MR) is 65.3 cm³/mol. The molecule has 0 unspecified atom stereocenters. The predicted octanol–water partition coefficient (Wildman–Crippen LogP) is 3.32. The molecular formula is C13H12O2S. The normalized spacial score (nSPS) is 10.1. The number of benzene rings is 1. The molecule has 0 atom stereocenters. The summed E-state index contributed by atoms with van der Waals surface area (Å²) in [6.07, 6.45) is 0. The van der Waals surface area contributed by atoms with E-state index in [0.29, 0.717) is 0 Å². The molecular weight excluding hydrogens is 220 g/mol. The van der Waals surface area contributed by atoms with Gasteiger partial charge in [-0.25, -0.2) is 0 Å². The first-order valence-corrected chi connectivity index (χ1v) is 5.90. The zero-order valence-corrected chi connectivity index (χ0v) is 9.79. The van der Waals surface area contributed by atoms with Crippen LogP contribution in [0.15, 0.2) is 41.8 Å². The SMILES string of the molecule is Cc1cc(C(=O)COc2ccccc2)cs1. The van der Waals surface area contributed by atoms with Crippen molar-refractivity contribution in [2.75, 3.05) is 6.61 Å². The number of Topliss-reactive ketones (excluding diaryl/α,β-unsaturated/α-hetero) is 1. The number of hydrogen-bond donors (Lipinski definition) is 0. The van der Waals surface area contributed by atoms with E-state index < -0.39 is 0 Å². The van der Waals surface area contributed by atoms with E-state index in [-0.39, 0.29) is 12.4 Å². The topological polar surface area (TPSA) is 26.3 Å². The van der Waals surface area contributed by atoms with Crippen LogP contribution in [-0.4, -0.2) is 12.4 Å². The molecule has 0 aliphatic heterocycles. The maximum Gasteiger partial charge on any atom is 0.201 e. The summed E-state index contributed by atoms with van der Waals surface area (Å²) in [6, 6.07) is 11.2. The second-order valence-corrected chi connectivity index (χ2v) is 4.59. The molecule has 0 aliphatic carbocycles. The third-order valence-electron chi connectivity index (χ3n) is 2.17. The number of para-hydroxylation sites is 1. The molecule has 0 saturated heterocycles. The van der Waals surface area contributed by atoms with E-state index >= 15 is 0 Å². The molecule has 82 valence electrons. The lowest BCUT2D eigenvalue weighted by Gasteiger charge is -2.03. The fourth-order valence-electron chi connectivity index (χ4n) is 1.34. The zero-order chi connectivity index (χ0) is 11.4. The molecule has 2 rings (SSSR count). The second-order valence-electron chi connectivity index (χ2n) is 3.47. The van der Waals surface area contributed by atoms with Crippen molar-refractivity contribution in [3.8, 4) is 5.75 Å². The molecule has 16 heavy (non-hydrogen) atoms. The number of aryl methyl sites for hydroxylation is 1. The Labute approximate surface area is 98.5 Å². The van der Waals surface area contributed by atoms with Crippen LogP contribution < -0.4 is 4.74 Å². The average Bonchev–Trinajstić information content (AvgIpc) is 2.74. The number of rotatable bonds is 4. The van der Waals surface area contributed by atoms with Crippen LogP contribution in [0.3, 0.4) is 0 Å². The minimum absolute atomic E-state index is 0.0215. The lowest BCUT2D eigenvalue weighted by Crippen LogP contribution is -2.10. The number of ether oxygens (including phenoxy) is 1. The van der Waals surface area contributed by atoms with Gasteiger partial charge in [-0.1, -0.05) is 18.2 Å². The molecule has 2 aromatic rings. The van der Waals surface area contributed by atoms with Gasteiger partial charge in [-0.05, 0) is 25.1 Å². The molecule has 0 saturated carbocycles. The Bertz CT molecular complexity index is 474. The van der Waals surface area contributed by atoms with Gasteiger partial charge in [0.15, 0.2) is 6.61 Å². The van der Waals surface area contributed by atoms with E-state index in [9.17, 15) is 4.79 Å². The van der Waals surface area contributed by atoms with Crippen molar-refractivity contribution in [2.45, 2.75) is 6.92 Å². The standard InChI is InChI=1S/C13H12O2S/c1-10-7-11(9-16-10)13(14)8-15-12-5-3-2-4-6-12/h2-7,9H,8H2,1H3. The van der Waals surface area contributed by atoms with Crippen molar-refractivity contribution >= 4 is 17.1 Å². The minimum atomic E-state index is 0.0215. The number of hydrogen-bond acceptors (Lipinski definition) is 3. The van der Waals surface area contributed by atoms with Crippen molar-refractivity contribution in [3.05, 3.63) is 52.2 Å². The summed E-state index contributed by atoms with van der Waals surface area (Å²) in [5.74, 6) is 0.746. The molecule has 0 radical (unpaired) electrons. The largest absolute Gasteiger partial charge is 0.485 e. The van der Waals surface area contributed by atoms with Gasteiger partial charge < -0.3 is 4.74 Å². The van der Waals surface area contributed by atoms with Crippen molar-refractivity contribution in [3.63, 3.8) is 0 Å². The second kappa shape index (κ2) is 4.94. The van der Waals surface area contributed by atoms with Gasteiger partial charge in [-0.15, -0.1) is 11.3 Å². The minimum Gasteiger partial charge on any atom is -0.485 e. The Kier molecular flexibility index (Phi) is 3.37. The van der Waals surface area contributed by atoms with Crippen LogP contribution in [-0.2, 0) is 0 Å². The van der Waals surface area contributed by atoms with Gasteiger partial charge in [-0.2, -0.15) is 0 Å². The summed E-state index contributed by atoms with van der Waals surface area (Å²) in [6.45, 7) is 2.08. The van der Waals surface area contributed by atoms with Crippen LogP contribution in [0, 0.1) is 6.92 Å². The Morgan fingerprint density at radius 3 is 2.69 bits per heavy atom. The number of thiophene rings is 1. The van der Waals surface area contributed by atoms with Gasteiger partial charge in [0.1, 0.15) is 5.75 Å². The molecule has 0 spiro atoms. The van der Waals surface area contributed by atoms with E-state index in [1.807, 2.05) is 48.7 Å². The molecule has 0 aliphatic rings. The van der Waals surface area contributed by atoms with Crippen LogP contribution in [0.5, 0.6) is 5.75 Å². The van der Waals surface area contributed by atoms with Crippen molar-refractivity contribution < 1.29 is 9.53 Å². The first kappa shape index (κ1) is 10.9. The van der Waals surface area contributed by atoms with Crippen LogP contribution in [0.2, 0.25) is 0 Å². The van der Waals surface area contributed by atoms with Crippen molar-refractivity contribution in [1.82, 2.24) is 0 Å². The summed E-state index contributed by atoms with van der Waals surface area (Å²) in [7, 11) is 0. The van der Waals surface area contributed by atoms with Crippen LogP contribution in [0.25, 0.3) is 0 Å². The lowest BCUT2D eigenvalue weighted by molar-refractivity contribution is 0.0922. The molecule has 2 nitrogen and oxygen atoms in total. The van der Waals surface area contributed by atoms with Crippen LogP contribution in [0.1, 0.15) is 15.2 Å². The fraction of sp³-hybridized carbons (Fsp3) is 0.154. The molecule has 0 amide bonds. The summed E-state index contributed by atoms with van der Waals surface area (Å²) in [5.41, 5.74) is 0.735. The summed E-state index contributed by atoms with van der Waals surface area (Å²) in [4.78, 5) is 12.9. The van der Waals surface area contributed by atoms with Gasteiger partial charge in [0.2, 0.25) is 5.78 Å². The third-order valence-corrected chi connectivity index (χ3v) is 3.03. The van der Waals surface area contributed by atoms with Crippen molar-refractivity contribution in [2.24, 2.45) is 0 Å². The zero-order valence-electron chi connectivity index (χ0n) is 8.97. The maximum atomic E-state index is 11.7. The summed E-state index contributed by atoms with van der Waals surface area (Å²) < 4.78 is 5.39. The smallest absolute Gasteiger partial charge is 0.201 e. The Balaban J connectivity index is 1.94. The van der Waals surface area contributed by atoms with Gasteiger partial charge >= 0.3 is 0 Å². The molecule has 3 heteroatoms. The fourth-order valence-corrected chi connectivity index (χ4v) is 2.05. The van der Waals surface area contributed by atoms with E-state index in [1.165, 1.54) is 0 Å². The molecule has 0 N–H and O–H groups in total. The molecule has 1 heterocycles.